The predicted molar refractivity (Wildman–Crippen MR) is 75.7 cm³/mol. The molecule has 0 saturated heterocycles. The summed E-state index contributed by atoms with van der Waals surface area (Å²) in [5.74, 6) is -1.89. The van der Waals surface area contributed by atoms with E-state index >= 15 is 0 Å². The zero-order valence-corrected chi connectivity index (χ0v) is 13.0. The van der Waals surface area contributed by atoms with Gasteiger partial charge < -0.3 is 14.4 Å². The Labute approximate surface area is 123 Å². The molecule has 1 rings (SSSR count). The van der Waals surface area contributed by atoms with E-state index in [4.69, 9.17) is 9.52 Å². The first kappa shape index (κ1) is 17.2. The molecule has 1 atom stereocenters. The molecule has 0 spiro atoms. The van der Waals surface area contributed by atoms with Gasteiger partial charge >= 0.3 is 5.97 Å². The molecule has 1 aromatic heterocycles. The van der Waals surface area contributed by atoms with Gasteiger partial charge in [0.15, 0.2) is 15.6 Å². The van der Waals surface area contributed by atoms with Crippen molar-refractivity contribution in [1.82, 2.24) is 4.90 Å². The van der Waals surface area contributed by atoms with Crippen LogP contribution in [-0.2, 0) is 20.4 Å². The minimum absolute atomic E-state index is 0.0600. The summed E-state index contributed by atoms with van der Waals surface area (Å²) in [4.78, 5) is 24.3. The second-order valence-electron chi connectivity index (χ2n) is 4.92. The summed E-state index contributed by atoms with van der Waals surface area (Å²) in [6, 6.07) is 2.50. The summed E-state index contributed by atoms with van der Waals surface area (Å²) in [6.45, 7) is 3.14. The van der Waals surface area contributed by atoms with Crippen LogP contribution in [0, 0.1) is 0 Å². The van der Waals surface area contributed by atoms with Gasteiger partial charge in [0.25, 0.3) is 5.91 Å². The van der Waals surface area contributed by atoms with Crippen molar-refractivity contribution in [2.45, 2.75) is 32.1 Å². The molecule has 1 N–H and O–H groups in total. The Morgan fingerprint density at radius 3 is 2.48 bits per heavy atom. The van der Waals surface area contributed by atoms with Crippen LogP contribution in [0.1, 0.15) is 36.6 Å². The van der Waals surface area contributed by atoms with Gasteiger partial charge in [-0.25, -0.2) is 8.42 Å². The van der Waals surface area contributed by atoms with Crippen molar-refractivity contribution < 1.29 is 27.5 Å². The molecule has 0 saturated carbocycles. The average Bonchev–Trinajstić information content (AvgIpc) is 2.80. The fraction of sp³-hybridized carbons (Fsp3) is 0.538. The van der Waals surface area contributed by atoms with Gasteiger partial charge in [-0.1, -0.05) is 6.92 Å². The monoisotopic (exact) mass is 317 g/mol. The highest BCUT2D eigenvalue weighted by molar-refractivity contribution is 7.89. The maximum Gasteiger partial charge on any atom is 0.323 e. The summed E-state index contributed by atoms with van der Waals surface area (Å²) in [7, 11) is -3.26. The molecule has 1 heterocycles. The Kier molecular flexibility index (Phi) is 5.54. The van der Waals surface area contributed by atoms with Gasteiger partial charge in [-0.3, -0.25) is 9.59 Å². The lowest BCUT2D eigenvalue weighted by atomic mass is 10.2. The lowest BCUT2D eigenvalue weighted by Gasteiger charge is -2.25. The lowest BCUT2D eigenvalue weighted by molar-refractivity contribution is -0.138. The predicted octanol–water partition coefficient (Wildman–Crippen LogP) is 1.15. The second-order valence-corrected chi connectivity index (χ2v) is 7.06. The summed E-state index contributed by atoms with van der Waals surface area (Å²) < 4.78 is 27.6. The van der Waals surface area contributed by atoms with E-state index in [1.54, 1.807) is 6.92 Å². The number of aliphatic carboxylic acids is 1. The van der Waals surface area contributed by atoms with Crippen LogP contribution in [0.15, 0.2) is 16.5 Å². The normalized spacial score (nSPS) is 12.9. The topological polar surface area (TPSA) is 105 Å². The van der Waals surface area contributed by atoms with Gasteiger partial charge in [-0.2, -0.15) is 0 Å². The molecule has 1 unspecified atom stereocenters. The molecule has 0 aliphatic carbocycles. The standard InChI is InChI=1S/C13H19NO6S/c1-4-9(2)14(7-12(15)16)13(17)11-6-5-10(20-11)8-21(3,18)19/h5-6,9H,4,7-8H2,1-3H3,(H,15,16). The van der Waals surface area contributed by atoms with Crippen LogP contribution >= 0.6 is 0 Å². The van der Waals surface area contributed by atoms with Gasteiger partial charge in [0.1, 0.15) is 18.1 Å². The molecule has 0 bridgehead atoms. The van der Waals surface area contributed by atoms with Crippen LogP contribution in [0.4, 0.5) is 0 Å². The smallest absolute Gasteiger partial charge is 0.323 e. The third-order valence-electron chi connectivity index (χ3n) is 2.97. The largest absolute Gasteiger partial charge is 0.480 e. The number of carbonyl (C=O) groups excluding carboxylic acids is 1. The molecular weight excluding hydrogens is 298 g/mol. The molecule has 0 fully saturated rings. The van der Waals surface area contributed by atoms with Crippen molar-refractivity contribution in [1.29, 1.82) is 0 Å². The molecule has 1 amide bonds. The summed E-state index contributed by atoms with van der Waals surface area (Å²) in [6.07, 6.45) is 1.66. The first-order chi connectivity index (χ1) is 9.64. The van der Waals surface area contributed by atoms with E-state index in [1.807, 2.05) is 6.92 Å². The van der Waals surface area contributed by atoms with Crippen molar-refractivity contribution in [3.8, 4) is 0 Å². The Balaban J connectivity index is 2.96. The highest BCUT2D eigenvalue weighted by atomic mass is 32.2. The van der Waals surface area contributed by atoms with Crippen molar-refractivity contribution in [3.63, 3.8) is 0 Å². The van der Waals surface area contributed by atoms with E-state index < -0.39 is 28.3 Å². The first-order valence-electron chi connectivity index (χ1n) is 6.43. The van der Waals surface area contributed by atoms with E-state index in [9.17, 15) is 18.0 Å². The van der Waals surface area contributed by atoms with E-state index in [0.717, 1.165) is 6.26 Å². The van der Waals surface area contributed by atoms with Gasteiger partial charge in [0.05, 0.1) is 0 Å². The van der Waals surface area contributed by atoms with Crippen molar-refractivity contribution >= 4 is 21.7 Å². The fourth-order valence-corrected chi connectivity index (χ4v) is 2.44. The summed E-state index contributed by atoms with van der Waals surface area (Å²) >= 11 is 0. The second kappa shape index (κ2) is 6.75. The third-order valence-corrected chi connectivity index (χ3v) is 3.78. The van der Waals surface area contributed by atoms with Gasteiger partial charge in [-0.05, 0) is 25.5 Å². The Morgan fingerprint density at radius 2 is 2.00 bits per heavy atom. The Bertz CT molecular complexity index is 618. The maximum absolute atomic E-state index is 12.3. The first-order valence-corrected chi connectivity index (χ1v) is 8.49. The van der Waals surface area contributed by atoms with Crippen molar-refractivity contribution in [3.05, 3.63) is 23.7 Å². The van der Waals surface area contributed by atoms with Gasteiger partial charge in [0, 0.05) is 12.3 Å². The number of hydrogen-bond donors (Lipinski definition) is 1. The fourth-order valence-electron chi connectivity index (χ4n) is 1.76. The zero-order chi connectivity index (χ0) is 16.2. The molecule has 1 aromatic rings. The van der Waals surface area contributed by atoms with Crippen LogP contribution in [0.2, 0.25) is 0 Å². The van der Waals surface area contributed by atoms with Gasteiger partial charge in [-0.15, -0.1) is 0 Å². The average molecular weight is 317 g/mol. The highest BCUT2D eigenvalue weighted by Crippen LogP contribution is 2.15. The summed E-state index contributed by atoms with van der Waals surface area (Å²) in [5.41, 5.74) is 0. The number of sulfone groups is 1. The van der Waals surface area contributed by atoms with Crippen molar-refractivity contribution in [2.24, 2.45) is 0 Å². The molecule has 21 heavy (non-hydrogen) atoms. The number of nitrogens with zero attached hydrogens (tertiary/aromatic N) is 1. The molecule has 0 aliphatic rings. The lowest BCUT2D eigenvalue weighted by Crippen LogP contribution is -2.41. The minimum atomic E-state index is -3.26. The number of carbonyl (C=O) groups is 2. The number of furan rings is 1. The summed E-state index contributed by atoms with van der Waals surface area (Å²) in [5, 5.41) is 8.88. The molecule has 0 radical (unpaired) electrons. The van der Waals surface area contributed by atoms with Crippen molar-refractivity contribution in [2.75, 3.05) is 12.8 Å². The minimum Gasteiger partial charge on any atom is -0.480 e. The Morgan fingerprint density at radius 1 is 1.38 bits per heavy atom. The van der Waals surface area contributed by atoms with Crippen LogP contribution in [0.25, 0.3) is 0 Å². The quantitative estimate of drug-likeness (QED) is 0.809. The van der Waals surface area contributed by atoms with E-state index in [2.05, 4.69) is 0 Å². The molecule has 118 valence electrons. The van der Waals surface area contributed by atoms with Crippen LogP contribution < -0.4 is 0 Å². The van der Waals surface area contributed by atoms with Crippen LogP contribution in [-0.4, -0.2) is 49.1 Å². The number of carboxylic acids is 1. The zero-order valence-electron chi connectivity index (χ0n) is 12.2. The SMILES string of the molecule is CCC(C)N(CC(=O)O)C(=O)c1ccc(CS(C)(=O)=O)o1. The molecule has 8 heteroatoms. The van der Waals surface area contributed by atoms with Crippen LogP contribution in [0.5, 0.6) is 0 Å². The molecule has 0 aromatic carbocycles. The molecular formula is C13H19NO6S. The third kappa shape index (κ3) is 5.22. The highest BCUT2D eigenvalue weighted by Gasteiger charge is 2.25. The van der Waals surface area contributed by atoms with E-state index in [0.29, 0.717) is 6.42 Å². The van der Waals surface area contributed by atoms with Crippen LogP contribution in [0.3, 0.4) is 0 Å². The molecule has 0 aliphatic heterocycles. The number of amides is 1. The van der Waals surface area contributed by atoms with E-state index in [-0.39, 0.29) is 23.3 Å². The Hall–Kier alpha value is -1.83. The van der Waals surface area contributed by atoms with Gasteiger partial charge in [0.2, 0.25) is 0 Å². The maximum atomic E-state index is 12.3. The van der Waals surface area contributed by atoms with E-state index in [1.165, 1.54) is 17.0 Å². The molecule has 7 nitrogen and oxygen atoms in total. The number of carboxylic acid groups (broad SMARTS) is 1. The number of hydrogen-bond acceptors (Lipinski definition) is 5. The number of rotatable bonds is 7.